The molecule has 0 saturated heterocycles. The standard InChI is InChI=1S/C18H24N4O/c1-5-6-7-17(23)19-15-8-9-16(22-21-15)20-18-13(3)10-12(2)11-14(18)4/h8-11H,5-7H2,1-4H3,(H,20,22)(H,19,21,23). The molecule has 0 bridgehead atoms. The predicted molar refractivity (Wildman–Crippen MR) is 94.1 cm³/mol. The maximum absolute atomic E-state index is 11.7. The van der Waals surface area contributed by atoms with Crippen molar-refractivity contribution in [1.82, 2.24) is 10.2 Å². The van der Waals surface area contributed by atoms with Crippen molar-refractivity contribution >= 4 is 23.2 Å². The SMILES string of the molecule is CCCCC(=O)Nc1ccc(Nc2c(C)cc(C)cc2C)nn1. The van der Waals surface area contributed by atoms with Gasteiger partial charge >= 0.3 is 0 Å². The van der Waals surface area contributed by atoms with Crippen LogP contribution >= 0.6 is 0 Å². The first-order chi connectivity index (χ1) is 11.0. The molecule has 2 rings (SSSR count). The minimum atomic E-state index is -0.0212. The molecule has 1 heterocycles. The molecule has 0 saturated carbocycles. The third-order valence-corrected chi connectivity index (χ3v) is 3.62. The number of nitrogens with zero attached hydrogens (tertiary/aromatic N) is 2. The first-order valence-corrected chi connectivity index (χ1v) is 7.98. The highest BCUT2D eigenvalue weighted by Gasteiger charge is 2.07. The van der Waals surface area contributed by atoms with Crippen LogP contribution in [0.3, 0.4) is 0 Å². The van der Waals surface area contributed by atoms with Crippen molar-refractivity contribution in [3.05, 3.63) is 41.0 Å². The molecule has 0 unspecified atom stereocenters. The molecule has 5 nitrogen and oxygen atoms in total. The molecule has 0 aliphatic carbocycles. The fraction of sp³-hybridized carbons (Fsp3) is 0.389. The van der Waals surface area contributed by atoms with Gasteiger partial charge in [-0.25, -0.2) is 0 Å². The topological polar surface area (TPSA) is 66.9 Å². The maximum atomic E-state index is 11.7. The highest BCUT2D eigenvalue weighted by molar-refractivity contribution is 5.89. The monoisotopic (exact) mass is 312 g/mol. The van der Waals surface area contributed by atoms with Gasteiger partial charge in [0.2, 0.25) is 5.91 Å². The van der Waals surface area contributed by atoms with Crippen LogP contribution in [0, 0.1) is 20.8 Å². The van der Waals surface area contributed by atoms with Gasteiger partial charge in [0.15, 0.2) is 11.6 Å². The normalized spacial score (nSPS) is 10.4. The lowest BCUT2D eigenvalue weighted by atomic mass is 10.1. The van der Waals surface area contributed by atoms with Crippen molar-refractivity contribution in [2.24, 2.45) is 0 Å². The summed E-state index contributed by atoms with van der Waals surface area (Å²) in [7, 11) is 0. The minimum Gasteiger partial charge on any atom is -0.338 e. The van der Waals surface area contributed by atoms with Gasteiger partial charge in [0.1, 0.15) is 0 Å². The summed E-state index contributed by atoms with van der Waals surface area (Å²) in [6.07, 6.45) is 2.39. The molecular weight excluding hydrogens is 288 g/mol. The number of hydrogen-bond acceptors (Lipinski definition) is 4. The average molecular weight is 312 g/mol. The van der Waals surface area contributed by atoms with Crippen LogP contribution in [0.1, 0.15) is 42.9 Å². The summed E-state index contributed by atoms with van der Waals surface area (Å²) in [5.41, 5.74) is 4.62. The Labute approximate surface area is 137 Å². The second kappa shape index (κ2) is 7.72. The number of benzene rings is 1. The van der Waals surface area contributed by atoms with Gasteiger partial charge in [-0.1, -0.05) is 31.0 Å². The van der Waals surface area contributed by atoms with Gasteiger partial charge in [0.05, 0.1) is 0 Å². The van der Waals surface area contributed by atoms with Crippen molar-refractivity contribution in [3.63, 3.8) is 0 Å². The molecule has 0 aliphatic rings. The zero-order chi connectivity index (χ0) is 16.8. The number of aromatic nitrogens is 2. The van der Waals surface area contributed by atoms with Crippen molar-refractivity contribution in [2.45, 2.75) is 47.0 Å². The lowest BCUT2D eigenvalue weighted by Crippen LogP contribution is -2.12. The fourth-order valence-electron chi connectivity index (χ4n) is 2.51. The lowest BCUT2D eigenvalue weighted by Gasteiger charge is -2.13. The zero-order valence-electron chi connectivity index (χ0n) is 14.2. The molecule has 0 atom stereocenters. The minimum absolute atomic E-state index is 0.0212. The van der Waals surface area contributed by atoms with Crippen LogP contribution in [0.5, 0.6) is 0 Å². The predicted octanol–water partition coefficient (Wildman–Crippen LogP) is 4.27. The highest BCUT2D eigenvalue weighted by Crippen LogP contribution is 2.25. The Kier molecular flexibility index (Phi) is 5.68. The van der Waals surface area contributed by atoms with Gasteiger partial charge in [0, 0.05) is 12.1 Å². The Morgan fingerprint density at radius 2 is 1.65 bits per heavy atom. The van der Waals surface area contributed by atoms with E-state index < -0.39 is 0 Å². The van der Waals surface area contributed by atoms with Crippen LogP contribution in [-0.4, -0.2) is 16.1 Å². The van der Waals surface area contributed by atoms with Gasteiger partial charge in [-0.3, -0.25) is 4.79 Å². The van der Waals surface area contributed by atoms with Gasteiger partial charge in [-0.2, -0.15) is 0 Å². The van der Waals surface area contributed by atoms with E-state index in [1.54, 1.807) is 6.07 Å². The van der Waals surface area contributed by atoms with E-state index in [1.165, 1.54) is 16.7 Å². The second-order valence-corrected chi connectivity index (χ2v) is 5.85. The van der Waals surface area contributed by atoms with Crippen LogP contribution in [0.4, 0.5) is 17.3 Å². The number of nitrogens with one attached hydrogen (secondary N) is 2. The van der Waals surface area contributed by atoms with Crippen LogP contribution in [-0.2, 0) is 4.79 Å². The zero-order valence-corrected chi connectivity index (χ0v) is 14.2. The highest BCUT2D eigenvalue weighted by atomic mass is 16.1. The molecule has 1 aromatic heterocycles. The van der Waals surface area contributed by atoms with E-state index >= 15 is 0 Å². The summed E-state index contributed by atoms with van der Waals surface area (Å²) in [5.74, 6) is 1.12. The molecule has 0 fully saturated rings. The van der Waals surface area contributed by atoms with Crippen LogP contribution in [0.25, 0.3) is 0 Å². The molecule has 5 heteroatoms. The summed E-state index contributed by atoms with van der Waals surface area (Å²) in [5, 5.41) is 14.2. The van der Waals surface area contributed by atoms with E-state index in [-0.39, 0.29) is 5.91 Å². The van der Waals surface area contributed by atoms with Crippen molar-refractivity contribution in [3.8, 4) is 0 Å². The number of amides is 1. The number of aryl methyl sites for hydroxylation is 3. The molecule has 1 aromatic carbocycles. The molecule has 0 aliphatic heterocycles. The quantitative estimate of drug-likeness (QED) is 0.835. The Morgan fingerprint density at radius 3 is 2.22 bits per heavy atom. The molecule has 0 spiro atoms. The van der Waals surface area contributed by atoms with E-state index in [1.807, 2.05) is 6.07 Å². The van der Waals surface area contributed by atoms with Gasteiger partial charge in [0.25, 0.3) is 0 Å². The van der Waals surface area contributed by atoms with Gasteiger partial charge in [-0.15, -0.1) is 10.2 Å². The molecule has 2 aromatic rings. The summed E-state index contributed by atoms with van der Waals surface area (Å²) < 4.78 is 0. The van der Waals surface area contributed by atoms with Gasteiger partial charge in [-0.05, 0) is 50.5 Å². The van der Waals surface area contributed by atoms with Gasteiger partial charge < -0.3 is 10.6 Å². The molecule has 1 amide bonds. The van der Waals surface area contributed by atoms with Crippen LogP contribution in [0.15, 0.2) is 24.3 Å². The number of carbonyl (C=O) groups excluding carboxylic acids is 1. The third-order valence-electron chi connectivity index (χ3n) is 3.62. The van der Waals surface area contributed by atoms with Crippen molar-refractivity contribution in [2.75, 3.05) is 10.6 Å². The number of anilines is 3. The van der Waals surface area contributed by atoms with E-state index in [9.17, 15) is 4.79 Å². The number of carbonyl (C=O) groups is 1. The van der Waals surface area contributed by atoms with Crippen molar-refractivity contribution < 1.29 is 4.79 Å². The first-order valence-electron chi connectivity index (χ1n) is 7.98. The molecule has 2 N–H and O–H groups in total. The van der Waals surface area contributed by atoms with E-state index in [0.717, 1.165) is 18.5 Å². The van der Waals surface area contributed by atoms with E-state index in [0.29, 0.717) is 18.1 Å². The summed E-state index contributed by atoms with van der Waals surface area (Å²) in [6.45, 7) is 8.28. The second-order valence-electron chi connectivity index (χ2n) is 5.85. The van der Waals surface area contributed by atoms with E-state index in [4.69, 9.17) is 0 Å². The van der Waals surface area contributed by atoms with Crippen molar-refractivity contribution in [1.29, 1.82) is 0 Å². The largest absolute Gasteiger partial charge is 0.338 e. The molecule has 23 heavy (non-hydrogen) atoms. The Hall–Kier alpha value is -2.43. The Balaban J connectivity index is 2.04. The van der Waals surface area contributed by atoms with E-state index in [2.05, 4.69) is 60.7 Å². The fourth-order valence-corrected chi connectivity index (χ4v) is 2.51. The number of hydrogen-bond donors (Lipinski definition) is 2. The summed E-state index contributed by atoms with van der Waals surface area (Å²) in [4.78, 5) is 11.7. The van der Waals surface area contributed by atoms with Crippen LogP contribution in [0.2, 0.25) is 0 Å². The lowest BCUT2D eigenvalue weighted by molar-refractivity contribution is -0.116. The molecule has 0 radical (unpaired) electrons. The maximum Gasteiger partial charge on any atom is 0.225 e. The Morgan fingerprint density at radius 1 is 1.04 bits per heavy atom. The summed E-state index contributed by atoms with van der Waals surface area (Å²) in [6, 6.07) is 7.84. The van der Waals surface area contributed by atoms with Crippen LogP contribution < -0.4 is 10.6 Å². The summed E-state index contributed by atoms with van der Waals surface area (Å²) >= 11 is 0. The molecule has 122 valence electrons. The number of unbranched alkanes of at least 4 members (excludes halogenated alkanes) is 1. The smallest absolute Gasteiger partial charge is 0.225 e. The molecular formula is C18H24N4O. The number of rotatable bonds is 6. The Bertz CT molecular complexity index is 657. The first kappa shape index (κ1) is 16.9. The average Bonchev–Trinajstić information content (AvgIpc) is 2.50. The third kappa shape index (κ3) is 4.77.